The molecular formula is C25H46N2O5. The van der Waals surface area contributed by atoms with Gasteiger partial charge < -0.3 is 31.1 Å². The van der Waals surface area contributed by atoms with Crippen molar-refractivity contribution in [3.05, 3.63) is 29.3 Å². The number of aliphatic hydroxyl groups is 3. The molecule has 0 aliphatic rings. The molecule has 7 nitrogen and oxygen atoms in total. The minimum absolute atomic E-state index is 0.0417. The maximum Gasteiger partial charge on any atom is 0.222 e. The minimum atomic E-state index is -0.653. The number of carbonyl (C=O) groups is 1. The molecule has 0 fully saturated rings. The molecule has 0 heterocycles. The molecule has 186 valence electrons. The molecule has 32 heavy (non-hydrogen) atoms. The van der Waals surface area contributed by atoms with Gasteiger partial charge in [-0.3, -0.25) is 4.79 Å². The van der Waals surface area contributed by atoms with Gasteiger partial charge in [0.2, 0.25) is 5.91 Å². The van der Waals surface area contributed by atoms with Crippen LogP contribution >= 0.6 is 0 Å². The van der Waals surface area contributed by atoms with Crippen LogP contribution in [0.1, 0.15) is 90.9 Å². The molecule has 3 atom stereocenters. The largest absolute Gasteiger partial charge is 0.508 e. The van der Waals surface area contributed by atoms with Crippen LogP contribution in [0, 0.1) is 5.92 Å². The maximum atomic E-state index is 11.3. The second-order valence-electron chi connectivity index (χ2n) is 9.47. The monoisotopic (exact) mass is 454 g/mol. The van der Waals surface area contributed by atoms with Gasteiger partial charge in [-0.05, 0) is 57.7 Å². The predicted octanol–water partition coefficient (Wildman–Crippen LogP) is 3.40. The minimum Gasteiger partial charge on any atom is -0.508 e. The van der Waals surface area contributed by atoms with E-state index in [0.29, 0.717) is 23.6 Å². The number of hydrogen-bond donors (Lipinski definition) is 6. The number of unbranched alkanes of at least 4 members (excludes halogenated alkanes) is 1. The Balaban J connectivity index is 0.000000607. The number of aliphatic hydroxyl groups excluding tert-OH is 3. The predicted molar refractivity (Wildman–Crippen MR) is 129 cm³/mol. The Morgan fingerprint density at radius 3 is 2.28 bits per heavy atom. The summed E-state index contributed by atoms with van der Waals surface area (Å²) in [6.45, 7) is 13.0. The summed E-state index contributed by atoms with van der Waals surface area (Å²) >= 11 is 0. The molecule has 1 aromatic carbocycles. The van der Waals surface area contributed by atoms with Gasteiger partial charge in [0.05, 0.1) is 25.2 Å². The fraction of sp³-hybridized carbons (Fsp3) is 0.720. The van der Waals surface area contributed by atoms with E-state index in [-0.39, 0.29) is 30.2 Å². The lowest BCUT2D eigenvalue weighted by Gasteiger charge is -2.23. The van der Waals surface area contributed by atoms with Crippen LogP contribution in [0.4, 0.5) is 0 Å². The number of nitrogens with one attached hydrogen (secondary N) is 2. The fourth-order valence-corrected chi connectivity index (χ4v) is 3.00. The number of rotatable bonds is 12. The average molecular weight is 455 g/mol. The van der Waals surface area contributed by atoms with E-state index < -0.39 is 12.2 Å². The van der Waals surface area contributed by atoms with Gasteiger partial charge in [0.25, 0.3) is 0 Å². The third-order valence-electron chi connectivity index (χ3n) is 5.10. The highest BCUT2D eigenvalue weighted by molar-refractivity contribution is 5.76. The van der Waals surface area contributed by atoms with Crippen LogP contribution in [0.25, 0.3) is 0 Å². The lowest BCUT2D eigenvalue weighted by molar-refractivity contribution is -0.122. The Hall–Kier alpha value is -1.67. The quantitative estimate of drug-likeness (QED) is 0.288. The summed E-state index contributed by atoms with van der Waals surface area (Å²) in [4.78, 5) is 11.3. The number of hydrogen-bond acceptors (Lipinski definition) is 6. The van der Waals surface area contributed by atoms with Crippen molar-refractivity contribution in [3.8, 4) is 5.75 Å². The van der Waals surface area contributed by atoms with Crippen LogP contribution in [0.15, 0.2) is 18.2 Å². The lowest BCUT2D eigenvalue weighted by Crippen LogP contribution is -2.38. The Labute approximate surface area is 194 Å². The molecule has 0 aromatic heterocycles. The molecular weight excluding hydrogens is 408 g/mol. The number of β-amino-alcohol motifs (C(OH)–C–C–N with tert-alkyl or cyclic N) is 1. The Bertz CT molecular complexity index is 644. The number of aromatic hydroxyl groups is 1. The van der Waals surface area contributed by atoms with Crippen molar-refractivity contribution in [2.75, 3.05) is 13.1 Å². The summed E-state index contributed by atoms with van der Waals surface area (Å²) in [7, 11) is 0. The molecule has 0 aliphatic carbocycles. The topological polar surface area (TPSA) is 122 Å². The summed E-state index contributed by atoms with van der Waals surface area (Å²) in [6, 6.07) is 4.76. The van der Waals surface area contributed by atoms with Crippen LogP contribution < -0.4 is 10.6 Å². The number of carbonyl (C=O) groups excluding carboxylic acids is 1. The van der Waals surface area contributed by atoms with Crippen molar-refractivity contribution in [2.24, 2.45) is 5.92 Å². The van der Waals surface area contributed by atoms with E-state index in [2.05, 4.69) is 24.5 Å². The first-order valence-electron chi connectivity index (χ1n) is 11.7. The summed E-state index contributed by atoms with van der Waals surface area (Å²) < 4.78 is 0. The Kier molecular flexibility index (Phi) is 15.2. The number of benzene rings is 1. The molecule has 7 heteroatoms. The van der Waals surface area contributed by atoms with Gasteiger partial charge in [0.1, 0.15) is 5.75 Å². The van der Waals surface area contributed by atoms with Gasteiger partial charge in [-0.1, -0.05) is 39.2 Å². The van der Waals surface area contributed by atoms with Crippen LogP contribution in [0.2, 0.25) is 0 Å². The molecule has 0 bridgehead atoms. The molecule has 6 N–H and O–H groups in total. The summed E-state index contributed by atoms with van der Waals surface area (Å²) in [5.41, 5.74) is 1.05. The fourth-order valence-electron chi connectivity index (χ4n) is 3.00. The zero-order chi connectivity index (χ0) is 24.7. The van der Waals surface area contributed by atoms with Gasteiger partial charge in [-0.25, -0.2) is 0 Å². The molecule has 2 unspecified atom stereocenters. The molecule has 0 spiro atoms. The first kappa shape index (κ1) is 30.3. The molecule has 1 aromatic rings. The Morgan fingerprint density at radius 1 is 1.12 bits per heavy atom. The van der Waals surface area contributed by atoms with E-state index in [9.17, 15) is 15.0 Å². The van der Waals surface area contributed by atoms with Crippen molar-refractivity contribution in [1.29, 1.82) is 0 Å². The van der Waals surface area contributed by atoms with E-state index in [1.807, 2.05) is 20.8 Å². The van der Waals surface area contributed by atoms with Gasteiger partial charge in [0.15, 0.2) is 0 Å². The van der Waals surface area contributed by atoms with Crippen molar-refractivity contribution in [2.45, 2.75) is 98.0 Å². The Morgan fingerprint density at radius 2 is 1.78 bits per heavy atom. The first-order valence-corrected chi connectivity index (χ1v) is 11.7. The molecule has 0 saturated heterocycles. The van der Waals surface area contributed by atoms with E-state index >= 15 is 0 Å². The van der Waals surface area contributed by atoms with Crippen molar-refractivity contribution in [1.82, 2.24) is 10.6 Å². The molecule has 0 saturated carbocycles. The summed E-state index contributed by atoms with van der Waals surface area (Å²) in [5, 5.41) is 43.5. The van der Waals surface area contributed by atoms with E-state index in [0.717, 1.165) is 13.0 Å². The smallest absolute Gasteiger partial charge is 0.222 e. The highest BCUT2D eigenvalue weighted by Gasteiger charge is 2.14. The van der Waals surface area contributed by atoms with Crippen molar-refractivity contribution in [3.63, 3.8) is 0 Å². The summed E-state index contributed by atoms with van der Waals surface area (Å²) in [5.74, 6) is 0.593. The standard InChI is InChI=1S/C13H21NO3.C12H25NO2/c1-13(2,3)14-7-12(17)9-4-5-11(16)10(6-9)8-15;1-4-6-7-11(5-2)9-13-12(15)8-10(3)14/h4-6,12,14-17H,7-8H2,1-3H3;10-11,14H,4-9H2,1-3H3,(H,13,15)/t12-;/m0./s1. The average Bonchev–Trinajstić information content (AvgIpc) is 2.72. The number of phenols is 1. The SMILES string of the molecule is CC(C)(C)NC[C@H](O)c1ccc(O)c(CO)c1.CCCCC(CC)CNC(=O)CC(C)O. The van der Waals surface area contributed by atoms with E-state index in [1.165, 1.54) is 25.3 Å². The highest BCUT2D eigenvalue weighted by atomic mass is 16.3. The molecule has 0 aliphatic heterocycles. The number of amides is 1. The van der Waals surface area contributed by atoms with Crippen molar-refractivity contribution >= 4 is 5.91 Å². The first-order chi connectivity index (χ1) is 14.9. The summed E-state index contributed by atoms with van der Waals surface area (Å²) in [6.07, 6.45) is 3.74. The maximum absolute atomic E-state index is 11.3. The zero-order valence-electron chi connectivity index (χ0n) is 20.8. The lowest BCUT2D eigenvalue weighted by atomic mass is 9.99. The third kappa shape index (κ3) is 14.4. The van der Waals surface area contributed by atoms with Gasteiger partial charge in [-0.2, -0.15) is 0 Å². The van der Waals surface area contributed by atoms with Crippen LogP contribution in [0.5, 0.6) is 5.75 Å². The van der Waals surface area contributed by atoms with Gasteiger partial charge in [-0.15, -0.1) is 0 Å². The van der Waals surface area contributed by atoms with Gasteiger partial charge in [0, 0.05) is 24.2 Å². The van der Waals surface area contributed by atoms with E-state index in [4.69, 9.17) is 10.2 Å². The zero-order valence-corrected chi connectivity index (χ0v) is 20.8. The van der Waals surface area contributed by atoms with Crippen molar-refractivity contribution < 1.29 is 25.2 Å². The second-order valence-corrected chi connectivity index (χ2v) is 9.47. The molecule has 1 amide bonds. The highest BCUT2D eigenvalue weighted by Crippen LogP contribution is 2.22. The third-order valence-corrected chi connectivity index (χ3v) is 5.10. The van der Waals surface area contributed by atoms with Crippen LogP contribution in [0.3, 0.4) is 0 Å². The molecule has 1 rings (SSSR count). The molecule has 0 radical (unpaired) electrons. The van der Waals surface area contributed by atoms with Crippen LogP contribution in [-0.2, 0) is 11.4 Å². The van der Waals surface area contributed by atoms with Crippen LogP contribution in [-0.4, -0.2) is 51.1 Å². The second kappa shape index (κ2) is 16.0. The van der Waals surface area contributed by atoms with E-state index in [1.54, 1.807) is 19.1 Å². The van der Waals surface area contributed by atoms with Gasteiger partial charge >= 0.3 is 0 Å². The normalized spacial score (nSPS) is 14.2.